The molecule has 0 aliphatic carbocycles. The molecule has 5 nitrogen and oxygen atoms in total. The summed E-state index contributed by atoms with van der Waals surface area (Å²) in [4.78, 5) is 17.3. The molecule has 3 rings (SSSR count). The summed E-state index contributed by atoms with van der Waals surface area (Å²) in [6, 6.07) is 12.1. The van der Waals surface area contributed by atoms with Crippen LogP contribution in [0.25, 0.3) is 10.9 Å². The number of nitrogens with one attached hydrogen (secondary N) is 1. The molecule has 0 aliphatic heterocycles. The molecular weight excluding hydrogens is 328 g/mol. The zero-order valence-electron chi connectivity index (χ0n) is 15.1. The van der Waals surface area contributed by atoms with E-state index in [1.54, 1.807) is 18.2 Å². The zero-order valence-corrected chi connectivity index (χ0v) is 15.1. The lowest BCUT2D eigenvalue weighted by Crippen LogP contribution is -2.28. The minimum absolute atomic E-state index is 0.0515. The summed E-state index contributed by atoms with van der Waals surface area (Å²) in [5.41, 5.74) is 4.76. The van der Waals surface area contributed by atoms with Crippen LogP contribution in [0.2, 0.25) is 0 Å². The molecule has 3 N–H and O–H groups in total. The number of pyridine rings is 1. The van der Waals surface area contributed by atoms with Crippen molar-refractivity contribution < 1.29 is 15.0 Å². The molecule has 134 valence electrons. The third kappa shape index (κ3) is 3.68. The fraction of sp³-hybridized carbons (Fsp3) is 0.238. The Labute approximate surface area is 152 Å². The summed E-state index contributed by atoms with van der Waals surface area (Å²) >= 11 is 0. The van der Waals surface area contributed by atoms with Crippen LogP contribution >= 0.6 is 0 Å². The highest BCUT2D eigenvalue weighted by Gasteiger charge is 2.16. The van der Waals surface area contributed by atoms with E-state index < -0.39 is 6.10 Å². The lowest BCUT2D eigenvalue weighted by molar-refractivity contribution is 0.0918. The molecule has 0 fully saturated rings. The Kier molecular flexibility index (Phi) is 4.91. The number of aromatic hydroxyl groups is 1. The van der Waals surface area contributed by atoms with Crippen LogP contribution in [0.15, 0.2) is 42.5 Å². The van der Waals surface area contributed by atoms with Crippen LogP contribution in [-0.2, 0) is 0 Å². The van der Waals surface area contributed by atoms with Crippen molar-refractivity contribution in [1.29, 1.82) is 0 Å². The number of aliphatic hydroxyl groups excluding tert-OH is 1. The Balaban J connectivity index is 1.86. The van der Waals surface area contributed by atoms with Gasteiger partial charge in [0, 0.05) is 17.6 Å². The van der Waals surface area contributed by atoms with E-state index in [2.05, 4.69) is 10.3 Å². The maximum atomic E-state index is 12.7. The number of carbonyl (C=O) groups is 1. The number of hydrogen-bond acceptors (Lipinski definition) is 4. The molecule has 0 bridgehead atoms. The van der Waals surface area contributed by atoms with Crippen molar-refractivity contribution in [2.45, 2.75) is 26.9 Å². The van der Waals surface area contributed by atoms with Crippen LogP contribution in [-0.4, -0.2) is 27.6 Å². The number of fused-ring (bicyclic) bond motifs is 1. The van der Waals surface area contributed by atoms with Crippen LogP contribution in [0.4, 0.5) is 0 Å². The zero-order chi connectivity index (χ0) is 18.8. The lowest BCUT2D eigenvalue weighted by Gasteiger charge is -2.14. The number of aliphatic hydroxyl groups is 1. The molecule has 1 aromatic heterocycles. The van der Waals surface area contributed by atoms with Crippen LogP contribution in [0.5, 0.6) is 5.75 Å². The van der Waals surface area contributed by atoms with Crippen molar-refractivity contribution >= 4 is 16.8 Å². The van der Waals surface area contributed by atoms with E-state index in [9.17, 15) is 15.0 Å². The highest BCUT2D eigenvalue weighted by molar-refractivity contribution is 6.07. The predicted octanol–water partition coefficient (Wildman–Crippen LogP) is 3.33. The van der Waals surface area contributed by atoms with Gasteiger partial charge in [0.15, 0.2) is 0 Å². The Morgan fingerprint density at radius 3 is 2.65 bits per heavy atom. The first-order valence-electron chi connectivity index (χ1n) is 8.49. The fourth-order valence-electron chi connectivity index (χ4n) is 3.13. The quantitative estimate of drug-likeness (QED) is 0.674. The van der Waals surface area contributed by atoms with Gasteiger partial charge in [-0.05, 0) is 56.2 Å². The summed E-state index contributed by atoms with van der Waals surface area (Å²) in [5, 5.41) is 23.4. The van der Waals surface area contributed by atoms with E-state index in [0.717, 1.165) is 27.7 Å². The van der Waals surface area contributed by atoms with E-state index in [-0.39, 0.29) is 18.2 Å². The third-order valence-corrected chi connectivity index (χ3v) is 4.33. The van der Waals surface area contributed by atoms with Gasteiger partial charge in [0.25, 0.3) is 5.91 Å². The largest absolute Gasteiger partial charge is 0.508 e. The number of rotatable bonds is 4. The van der Waals surface area contributed by atoms with Gasteiger partial charge in [-0.15, -0.1) is 0 Å². The van der Waals surface area contributed by atoms with Crippen LogP contribution < -0.4 is 5.32 Å². The first-order valence-corrected chi connectivity index (χ1v) is 8.49. The van der Waals surface area contributed by atoms with E-state index in [1.165, 1.54) is 12.1 Å². The molecule has 26 heavy (non-hydrogen) atoms. The number of hydrogen-bond donors (Lipinski definition) is 3. The standard InChI is InChI=1S/C21H22N2O3/c1-12-7-13(2)20-17(8-12)18(9-14(3)23-20)21(26)22-11-19(25)15-5-4-6-16(24)10-15/h4-10,19,24-25H,11H2,1-3H3,(H,22,26). The normalized spacial score (nSPS) is 12.2. The van der Waals surface area contributed by atoms with Crippen molar-refractivity contribution in [2.24, 2.45) is 0 Å². The van der Waals surface area contributed by atoms with Crippen LogP contribution in [0.1, 0.15) is 38.8 Å². The van der Waals surface area contributed by atoms with Gasteiger partial charge < -0.3 is 15.5 Å². The van der Waals surface area contributed by atoms with E-state index >= 15 is 0 Å². The average molecular weight is 350 g/mol. The number of amides is 1. The summed E-state index contributed by atoms with van der Waals surface area (Å²) in [6.07, 6.45) is -0.899. The van der Waals surface area contributed by atoms with Crippen LogP contribution in [0, 0.1) is 20.8 Å². The first kappa shape index (κ1) is 17.9. The molecule has 0 aliphatic rings. The number of nitrogens with zero attached hydrogens (tertiary/aromatic N) is 1. The topological polar surface area (TPSA) is 82.5 Å². The maximum absolute atomic E-state index is 12.7. The molecular formula is C21H22N2O3. The number of carbonyl (C=O) groups excluding carboxylic acids is 1. The second kappa shape index (κ2) is 7.14. The van der Waals surface area contributed by atoms with Gasteiger partial charge in [0.2, 0.25) is 0 Å². The van der Waals surface area contributed by atoms with E-state index in [4.69, 9.17) is 0 Å². The van der Waals surface area contributed by atoms with Gasteiger partial charge in [-0.3, -0.25) is 9.78 Å². The van der Waals surface area contributed by atoms with Gasteiger partial charge in [0.05, 0.1) is 17.2 Å². The Morgan fingerprint density at radius 1 is 1.15 bits per heavy atom. The number of phenolic OH excluding ortho intramolecular Hbond substituents is 1. The molecule has 0 saturated carbocycles. The summed E-state index contributed by atoms with van der Waals surface area (Å²) in [7, 11) is 0. The molecule has 0 radical (unpaired) electrons. The van der Waals surface area contributed by atoms with Crippen molar-refractivity contribution in [2.75, 3.05) is 6.54 Å². The minimum Gasteiger partial charge on any atom is -0.508 e. The molecule has 3 aromatic rings. The average Bonchev–Trinajstić information content (AvgIpc) is 2.59. The second-order valence-electron chi connectivity index (χ2n) is 6.61. The molecule has 1 heterocycles. The summed E-state index contributed by atoms with van der Waals surface area (Å²) in [6.45, 7) is 5.88. The van der Waals surface area contributed by atoms with E-state index in [0.29, 0.717) is 11.1 Å². The number of aromatic nitrogens is 1. The smallest absolute Gasteiger partial charge is 0.252 e. The maximum Gasteiger partial charge on any atom is 0.252 e. The number of aryl methyl sites for hydroxylation is 3. The summed E-state index contributed by atoms with van der Waals surface area (Å²) < 4.78 is 0. The molecule has 0 spiro atoms. The summed E-state index contributed by atoms with van der Waals surface area (Å²) in [5.74, 6) is -0.181. The van der Waals surface area contributed by atoms with E-state index in [1.807, 2.05) is 32.9 Å². The second-order valence-corrected chi connectivity index (χ2v) is 6.61. The molecule has 2 aromatic carbocycles. The van der Waals surface area contributed by atoms with Gasteiger partial charge in [-0.2, -0.15) is 0 Å². The van der Waals surface area contributed by atoms with Gasteiger partial charge in [0.1, 0.15) is 5.75 Å². The molecule has 1 amide bonds. The van der Waals surface area contributed by atoms with Gasteiger partial charge in [-0.25, -0.2) is 0 Å². The molecule has 0 saturated heterocycles. The highest BCUT2D eigenvalue weighted by Crippen LogP contribution is 2.24. The first-order chi connectivity index (χ1) is 12.3. The Morgan fingerprint density at radius 2 is 1.92 bits per heavy atom. The molecule has 1 unspecified atom stereocenters. The van der Waals surface area contributed by atoms with Crippen molar-refractivity contribution in [3.63, 3.8) is 0 Å². The Hall–Kier alpha value is -2.92. The lowest BCUT2D eigenvalue weighted by atomic mass is 10.0. The molecule has 5 heteroatoms. The molecule has 1 atom stereocenters. The fourth-order valence-corrected chi connectivity index (χ4v) is 3.13. The van der Waals surface area contributed by atoms with Crippen molar-refractivity contribution in [1.82, 2.24) is 10.3 Å². The Bertz CT molecular complexity index is 982. The number of benzene rings is 2. The van der Waals surface area contributed by atoms with Crippen molar-refractivity contribution in [3.8, 4) is 5.75 Å². The monoisotopic (exact) mass is 350 g/mol. The van der Waals surface area contributed by atoms with Crippen LogP contribution in [0.3, 0.4) is 0 Å². The highest BCUT2D eigenvalue weighted by atomic mass is 16.3. The van der Waals surface area contributed by atoms with Gasteiger partial charge >= 0.3 is 0 Å². The van der Waals surface area contributed by atoms with Gasteiger partial charge in [-0.1, -0.05) is 23.8 Å². The van der Waals surface area contributed by atoms with Crippen molar-refractivity contribution in [3.05, 3.63) is 70.4 Å². The minimum atomic E-state index is -0.899. The third-order valence-electron chi connectivity index (χ3n) is 4.33. The predicted molar refractivity (Wildman–Crippen MR) is 101 cm³/mol. The number of phenols is 1. The SMILES string of the molecule is Cc1cc(C)c2nc(C)cc(C(=O)NCC(O)c3cccc(O)c3)c2c1.